The lowest BCUT2D eigenvalue weighted by molar-refractivity contribution is 0.0793. The Morgan fingerprint density at radius 3 is 2.63 bits per heavy atom. The molecule has 0 aliphatic rings. The highest BCUT2D eigenvalue weighted by Crippen LogP contribution is 2.13. The van der Waals surface area contributed by atoms with Crippen LogP contribution in [0.1, 0.15) is 30.1 Å². The van der Waals surface area contributed by atoms with E-state index in [2.05, 4.69) is 11.6 Å². The van der Waals surface area contributed by atoms with Gasteiger partial charge in [-0.25, -0.2) is 8.42 Å². The number of anilines is 1. The zero-order chi connectivity index (χ0) is 14.5. The summed E-state index contributed by atoms with van der Waals surface area (Å²) in [4.78, 5) is 13.8. The predicted molar refractivity (Wildman–Crippen MR) is 76.8 cm³/mol. The number of benzene rings is 1. The second-order valence-electron chi connectivity index (χ2n) is 4.54. The highest BCUT2D eigenvalue weighted by Gasteiger charge is 2.12. The summed E-state index contributed by atoms with van der Waals surface area (Å²) in [6, 6.07) is 6.50. The summed E-state index contributed by atoms with van der Waals surface area (Å²) < 4.78 is 24.7. The summed E-state index contributed by atoms with van der Waals surface area (Å²) >= 11 is 0. The molecule has 0 unspecified atom stereocenters. The van der Waals surface area contributed by atoms with Crippen LogP contribution in [0.3, 0.4) is 0 Å². The number of nitrogens with one attached hydrogen (secondary N) is 1. The fourth-order valence-electron chi connectivity index (χ4n) is 1.65. The van der Waals surface area contributed by atoms with E-state index in [1.807, 2.05) is 0 Å². The maximum absolute atomic E-state index is 12.1. The number of rotatable bonds is 6. The van der Waals surface area contributed by atoms with E-state index in [-0.39, 0.29) is 5.91 Å². The molecule has 0 fully saturated rings. The molecule has 0 aliphatic heterocycles. The van der Waals surface area contributed by atoms with Gasteiger partial charge in [-0.2, -0.15) is 0 Å². The zero-order valence-electron chi connectivity index (χ0n) is 11.5. The monoisotopic (exact) mass is 284 g/mol. The number of hydrogen-bond acceptors (Lipinski definition) is 3. The fourth-order valence-corrected chi connectivity index (χ4v) is 2.20. The van der Waals surface area contributed by atoms with Gasteiger partial charge >= 0.3 is 0 Å². The Bertz CT molecular complexity index is 541. The number of hydrogen-bond donors (Lipinski definition) is 1. The Balaban J connectivity index is 2.84. The first kappa shape index (κ1) is 15.5. The Kier molecular flexibility index (Phi) is 5.35. The van der Waals surface area contributed by atoms with Crippen LogP contribution in [-0.2, 0) is 10.0 Å². The largest absolute Gasteiger partial charge is 0.342 e. The molecule has 1 aromatic rings. The molecule has 1 rings (SSSR count). The molecule has 1 N–H and O–H groups in total. The Hall–Kier alpha value is -1.56. The number of nitrogens with zero attached hydrogens (tertiary/aromatic N) is 1. The van der Waals surface area contributed by atoms with Crippen molar-refractivity contribution in [2.24, 2.45) is 0 Å². The van der Waals surface area contributed by atoms with Crippen LogP contribution in [0.4, 0.5) is 5.69 Å². The Labute approximate surface area is 114 Å². The summed E-state index contributed by atoms with van der Waals surface area (Å²) in [5.41, 5.74) is 0.879. The van der Waals surface area contributed by atoms with Crippen LogP contribution in [-0.4, -0.2) is 39.1 Å². The molecule has 0 spiro atoms. The zero-order valence-corrected chi connectivity index (χ0v) is 12.3. The van der Waals surface area contributed by atoms with E-state index in [1.54, 1.807) is 36.2 Å². The number of unbranched alkanes of at least 4 members (excludes halogenated alkanes) is 1. The third-order valence-corrected chi connectivity index (χ3v) is 3.21. The quantitative estimate of drug-likeness (QED) is 0.868. The lowest BCUT2D eigenvalue weighted by Crippen LogP contribution is -2.27. The van der Waals surface area contributed by atoms with Gasteiger partial charge in [-0.1, -0.05) is 19.4 Å². The van der Waals surface area contributed by atoms with Gasteiger partial charge in [0.05, 0.1) is 6.26 Å². The normalized spacial score (nSPS) is 11.1. The van der Waals surface area contributed by atoms with E-state index in [0.29, 0.717) is 17.8 Å². The molecular weight excluding hydrogens is 264 g/mol. The molecule has 0 radical (unpaired) electrons. The van der Waals surface area contributed by atoms with Crippen molar-refractivity contribution in [1.29, 1.82) is 0 Å². The minimum absolute atomic E-state index is 0.106. The molecule has 106 valence electrons. The molecule has 0 bridgehead atoms. The smallest absolute Gasteiger partial charge is 0.253 e. The fraction of sp³-hybridized carbons (Fsp3) is 0.462. The summed E-state index contributed by atoms with van der Waals surface area (Å²) in [6.07, 6.45) is 3.05. The van der Waals surface area contributed by atoms with Crippen LogP contribution in [0, 0.1) is 0 Å². The van der Waals surface area contributed by atoms with E-state index in [1.165, 1.54) is 0 Å². The van der Waals surface area contributed by atoms with Gasteiger partial charge in [-0.15, -0.1) is 0 Å². The molecule has 0 aliphatic carbocycles. The van der Waals surface area contributed by atoms with Gasteiger partial charge in [0.1, 0.15) is 0 Å². The van der Waals surface area contributed by atoms with Crippen molar-refractivity contribution >= 4 is 21.6 Å². The number of carbonyl (C=O) groups excluding carboxylic acids is 1. The second-order valence-corrected chi connectivity index (χ2v) is 6.28. The summed E-state index contributed by atoms with van der Waals surface area (Å²) in [5, 5.41) is 0. The molecular formula is C13H20N2O3S. The first-order valence-corrected chi connectivity index (χ1v) is 8.06. The van der Waals surface area contributed by atoms with Crippen LogP contribution in [0.2, 0.25) is 0 Å². The van der Waals surface area contributed by atoms with Gasteiger partial charge < -0.3 is 4.90 Å². The summed E-state index contributed by atoms with van der Waals surface area (Å²) in [5.74, 6) is -0.106. The van der Waals surface area contributed by atoms with E-state index >= 15 is 0 Å². The molecule has 0 aromatic heterocycles. The van der Waals surface area contributed by atoms with Crippen LogP contribution < -0.4 is 4.72 Å². The van der Waals surface area contributed by atoms with E-state index in [9.17, 15) is 13.2 Å². The number of sulfonamides is 1. The van der Waals surface area contributed by atoms with Crippen molar-refractivity contribution in [2.75, 3.05) is 24.6 Å². The van der Waals surface area contributed by atoms with Crippen LogP contribution in [0.5, 0.6) is 0 Å². The maximum atomic E-state index is 12.1. The minimum Gasteiger partial charge on any atom is -0.342 e. The number of carbonyl (C=O) groups is 1. The molecule has 0 atom stereocenters. The SMILES string of the molecule is CCCCN(C)C(=O)c1cccc(NS(C)(=O)=O)c1. The van der Waals surface area contributed by atoms with Crippen molar-refractivity contribution in [3.63, 3.8) is 0 Å². The van der Waals surface area contributed by atoms with Crippen molar-refractivity contribution in [1.82, 2.24) is 4.90 Å². The van der Waals surface area contributed by atoms with Gasteiger partial charge in [0.15, 0.2) is 0 Å². The van der Waals surface area contributed by atoms with E-state index in [0.717, 1.165) is 19.1 Å². The van der Waals surface area contributed by atoms with Crippen molar-refractivity contribution in [2.45, 2.75) is 19.8 Å². The Morgan fingerprint density at radius 2 is 2.05 bits per heavy atom. The lowest BCUT2D eigenvalue weighted by Gasteiger charge is -2.17. The van der Waals surface area contributed by atoms with Crippen molar-refractivity contribution in [3.05, 3.63) is 29.8 Å². The standard InChI is InChI=1S/C13H20N2O3S/c1-4-5-9-15(2)13(16)11-7-6-8-12(10-11)14-19(3,17)18/h6-8,10,14H,4-5,9H2,1-3H3. The van der Waals surface area contributed by atoms with Gasteiger partial charge in [0.2, 0.25) is 10.0 Å². The van der Waals surface area contributed by atoms with Gasteiger partial charge in [0.25, 0.3) is 5.91 Å². The van der Waals surface area contributed by atoms with Crippen molar-refractivity contribution in [3.8, 4) is 0 Å². The van der Waals surface area contributed by atoms with E-state index < -0.39 is 10.0 Å². The second kappa shape index (κ2) is 6.56. The third-order valence-electron chi connectivity index (χ3n) is 2.61. The average Bonchev–Trinajstić information content (AvgIpc) is 2.33. The van der Waals surface area contributed by atoms with Crippen LogP contribution in [0.15, 0.2) is 24.3 Å². The highest BCUT2D eigenvalue weighted by atomic mass is 32.2. The third kappa shape index (κ3) is 5.30. The first-order valence-electron chi connectivity index (χ1n) is 6.17. The summed E-state index contributed by atoms with van der Waals surface area (Å²) in [6.45, 7) is 2.76. The molecule has 1 aromatic carbocycles. The molecule has 1 amide bonds. The van der Waals surface area contributed by atoms with Gasteiger partial charge in [-0.05, 0) is 24.6 Å². The summed E-state index contributed by atoms with van der Waals surface area (Å²) in [7, 11) is -1.58. The maximum Gasteiger partial charge on any atom is 0.253 e. The minimum atomic E-state index is -3.33. The molecule has 19 heavy (non-hydrogen) atoms. The molecule has 6 heteroatoms. The molecule has 0 saturated carbocycles. The van der Waals surface area contributed by atoms with Crippen LogP contribution in [0.25, 0.3) is 0 Å². The predicted octanol–water partition coefficient (Wildman–Crippen LogP) is 1.93. The topological polar surface area (TPSA) is 66.5 Å². The Morgan fingerprint density at radius 1 is 1.37 bits per heavy atom. The number of amides is 1. The lowest BCUT2D eigenvalue weighted by atomic mass is 10.2. The van der Waals surface area contributed by atoms with Crippen molar-refractivity contribution < 1.29 is 13.2 Å². The molecule has 0 saturated heterocycles. The van der Waals surface area contributed by atoms with E-state index in [4.69, 9.17) is 0 Å². The van der Waals surface area contributed by atoms with Gasteiger partial charge in [-0.3, -0.25) is 9.52 Å². The van der Waals surface area contributed by atoms with Gasteiger partial charge in [0, 0.05) is 24.8 Å². The molecule has 0 heterocycles. The first-order chi connectivity index (χ1) is 8.83. The average molecular weight is 284 g/mol. The van der Waals surface area contributed by atoms with Crippen LogP contribution >= 0.6 is 0 Å². The molecule has 5 nitrogen and oxygen atoms in total. The highest BCUT2D eigenvalue weighted by molar-refractivity contribution is 7.92.